The molecule has 80 valence electrons. The molecular formula is C12H27N. The van der Waals surface area contributed by atoms with Gasteiger partial charge in [0.2, 0.25) is 0 Å². The Hall–Kier alpha value is -0.0400. The maximum atomic E-state index is 3.11. The van der Waals surface area contributed by atoms with Crippen molar-refractivity contribution in [1.82, 2.24) is 5.32 Å². The number of hydrogen-bond donors (Lipinski definition) is 1. The molecule has 1 N–H and O–H groups in total. The lowest BCUT2D eigenvalue weighted by atomic mass is 9.82. The van der Waals surface area contributed by atoms with Gasteiger partial charge in [-0.15, -0.1) is 0 Å². The second kappa shape index (κ2) is 10.0. The summed E-state index contributed by atoms with van der Waals surface area (Å²) in [5.74, 6) is 1.13. The molecule has 0 atom stereocenters. The van der Waals surface area contributed by atoms with Gasteiger partial charge in [-0.05, 0) is 19.0 Å². The lowest BCUT2D eigenvalue weighted by Gasteiger charge is -2.24. The standard InChI is InChI=1S/C8H16.C4H11N/c1-2-3-5-8-6-4-7-8;1-3-5-4-2/h8H,2-7H2,1H3;5H,3-4H2,1-2H3. The molecule has 0 aromatic rings. The first-order chi connectivity index (χ1) is 6.35. The molecule has 0 amide bonds. The van der Waals surface area contributed by atoms with Gasteiger partial charge >= 0.3 is 0 Å². The highest BCUT2D eigenvalue weighted by Crippen LogP contribution is 2.30. The molecule has 0 heterocycles. The molecule has 0 radical (unpaired) electrons. The first-order valence-corrected chi connectivity index (χ1v) is 6.05. The molecule has 1 heteroatoms. The van der Waals surface area contributed by atoms with Crippen LogP contribution in [0.4, 0.5) is 0 Å². The van der Waals surface area contributed by atoms with E-state index in [0.717, 1.165) is 19.0 Å². The average molecular weight is 185 g/mol. The van der Waals surface area contributed by atoms with Crippen LogP contribution in [-0.2, 0) is 0 Å². The maximum Gasteiger partial charge on any atom is -0.00775 e. The van der Waals surface area contributed by atoms with E-state index in [2.05, 4.69) is 26.1 Å². The third-order valence-electron chi connectivity index (χ3n) is 2.69. The lowest BCUT2D eigenvalue weighted by Crippen LogP contribution is -2.09. The van der Waals surface area contributed by atoms with Crippen molar-refractivity contribution in [1.29, 1.82) is 0 Å². The van der Waals surface area contributed by atoms with Crippen LogP contribution in [0.3, 0.4) is 0 Å². The molecular weight excluding hydrogens is 158 g/mol. The van der Waals surface area contributed by atoms with Crippen LogP contribution in [0.2, 0.25) is 0 Å². The van der Waals surface area contributed by atoms with Crippen molar-refractivity contribution >= 4 is 0 Å². The quantitative estimate of drug-likeness (QED) is 0.690. The summed E-state index contributed by atoms with van der Waals surface area (Å²) in [6.45, 7) is 8.67. The van der Waals surface area contributed by atoms with Crippen LogP contribution in [0, 0.1) is 5.92 Å². The molecule has 13 heavy (non-hydrogen) atoms. The van der Waals surface area contributed by atoms with E-state index in [1.165, 1.54) is 38.5 Å². The van der Waals surface area contributed by atoms with E-state index in [9.17, 15) is 0 Å². The summed E-state index contributed by atoms with van der Waals surface area (Å²) in [6, 6.07) is 0. The Morgan fingerprint density at radius 3 is 1.92 bits per heavy atom. The predicted molar refractivity (Wildman–Crippen MR) is 61.1 cm³/mol. The zero-order chi connectivity index (χ0) is 9.94. The van der Waals surface area contributed by atoms with E-state index in [0.29, 0.717) is 0 Å². The van der Waals surface area contributed by atoms with Crippen molar-refractivity contribution in [3.05, 3.63) is 0 Å². The van der Waals surface area contributed by atoms with E-state index in [1.807, 2.05) is 0 Å². The zero-order valence-electron chi connectivity index (χ0n) is 9.73. The molecule has 1 nitrogen and oxygen atoms in total. The summed E-state index contributed by atoms with van der Waals surface area (Å²) in [5.41, 5.74) is 0. The molecule has 0 aromatic carbocycles. The van der Waals surface area contributed by atoms with Gasteiger partial charge in [0, 0.05) is 0 Å². The highest BCUT2D eigenvalue weighted by Gasteiger charge is 2.15. The summed E-state index contributed by atoms with van der Waals surface area (Å²) in [5, 5.41) is 3.11. The summed E-state index contributed by atoms with van der Waals surface area (Å²) in [7, 11) is 0. The molecule has 1 rings (SSSR count). The van der Waals surface area contributed by atoms with Crippen LogP contribution in [0.25, 0.3) is 0 Å². The minimum absolute atomic E-state index is 1.09. The van der Waals surface area contributed by atoms with E-state index in [-0.39, 0.29) is 0 Å². The molecule has 0 aliphatic heterocycles. The minimum atomic E-state index is 1.09. The Kier molecular flexibility index (Phi) is 10.0. The highest BCUT2D eigenvalue weighted by molar-refractivity contribution is 4.68. The fourth-order valence-corrected chi connectivity index (χ4v) is 1.52. The summed E-state index contributed by atoms with van der Waals surface area (Å²) in [6.07, 6.45) is 8.92. The monoisotopic (exact) mass is 185 g/mol. The third-order valence-corrected chi connectivity index (χ3v) is 2.69. The average Bonchev–Trinajstić information content (AvgIpc) is 2.05. The Morgan fingerprint density at radius 1 is 1.08 bits per heavy atom. The minimum Gasteiger partial charge on any atom is -0.317 e. The predicted octanol–water partition coefficient (Wildman–Crippen LogP) is 3.59. The second-order valence-corrected chi connectivity index (χ2v) is 3.90. The summed E-state index contributed by atoms with van der Waals surface area (Å²) < 4.78 is 0. The van der Waals surface area contributed by atoms with Crippen molar-refractivity contribution < 1.29 is 0 Å². The van der Waals surface area contributed by atoms with Crippen molar-refractivity contribution in [2.24, 2.45) is 5.92 Å². The Morgan fingerprint density at radius 2 is 1.69 bits per heavy atom. The van der Waals surface area contributed by atoms with Crippen molar-refractivity contribution in [3.8, 4) is 0 Å². The SMILES string of the molecule is CCCCC1CCC1.CCNCC. The molecule has 0 spiro atoms. The van der Waals surface area contributed by atoms with Crippen LogP contribution in [0.1, 0.15) is 59.3 Å². The van der Waals surface area contributed by atoms with E-state index in [4.69, 9.17) is 0 Å². The Bertz CT molecular complexity index is 85.1. The van der Waals surface area contributed by atoms with Crippen molar-refractivity contribution in [3.63, 3.8) is 0 Å². The Labute approximate surface area is 84.3 Å². The Balaban J connectivity index is 0.000000252. The van der Waals surface area contributed by atoms with E-state index >= 15 is 0 Å². The van der Waals surface area contributed by atoms with Gasteiger partial charge in [-0.3, -0.25) is 0 Å². The molecule has 0 aromatic heterocycles. The molecule has 1 fully saturated rings. The fraction of sp³-hybridized carbons (Fsp3) is 1.00. The van der Waals surface area contributed by atoms with Gasteiger partial charge in [-0.25, -0.2) is 0 Å². The topological polar surface area (TPSA) is 12.0 Å². The highest BCUT2D eigenvalue weighted by atomic mass is 14.8. The van der Waals surface area contributed by atoms with Gasteiger partial charge < -0.3 is 5.32 Å². The molecule has 0 unspecified atom stereocenters. The lowest BCUT2D eigenvalue weighted by molar-refractivity contribution is 0.289. The summed E-state index contributed by atoms with van der Waals surface area (Å²) in [4.78, 5) is 0. The zero-order valence-corrected chi connectivity index (χ0v) is 9.73. The smallest absolute Gasteiger partial charge is 0.00775 e. The van der Waals surface area contributed by atoms with Gasteiger partial charge in [0.05, 0.1) is 0 Å². The van der Waals surface area contributed by atoms with E-state index in [1.54, 1.807) is 0 Å². The molecule has 0 saturated heterocycles. The second-order valence-electron chi connectivity index (χ2n) is 3.90. The number of rotatable bonds is 5. The van der Waals surface area contributed by atoms with Crippen molar-refractivity contribution in [2.75, 3.05) is 13.1 Å². The van der Waals surface area contributed by atoms with Gasteiger partial charge in [0.25, 0.3) is 0 Å². The van der Waals surface area contributed by atoms with Crippen LogP contribution in [0.5, 0.6) is 0 Å². The number of unbranched alkanes of at least 4 members (excludes halogenated alkanes) is 1. The van der Waals surface area contributed by atoms with Gasteiger partial charge in [-0.1, -0.05) is 59.3 Å². The molecule has 1 aliphatic rings. The normalized spacial score (nSPS) is 15.9. The first kappa shape index (κ1) is 13.0. The molecule has 1 saturated carbocycles. The number of hydrogen-bond acceptors (Lipinski definition) is 1. The number of nitrogens with one attached hydrogen (secondary N) is 1. The third kappa shape index (κ3) is 8.29. The van der Waals surface area contributed by atoms with Gasteiger partial charge in [0.15, 0.2) is 0 Å². The van der Waals surface area contributed by atoms with Gasteiger partial charge in [-0.2, -0.15) is 0 Å². The summed E-state index contributed by atoms with van der Waals surface area (Å²) >= 11 is 0. The van der Waals surface area contributed by atoms with Crippen LogP contribution in [0.15, 0.2) is 0 Å². The van der Waals surface area contributed by atoms with Crippen LogP contribution >= 0.6 is 0 Å². The van der Waals surface area contributed by atoms with Crippen LogP contribution < -0.4 is 5.32 Å². The first-order valence-electron chi connectivity index (χ1n) is 6.05. The maximum absolute atomic E-state index is 3.11. The van der Waals surface area contributed by atoms with Crippen molar-refractivity contribution in [2.45, 2.75) is 59.3 Å². The van der Waals surface area contributed by atoms with E-state index < -0.39 is 0 Å². The largest absolute Gasteiger partial charge is 0.317 e. The molecule has 0 bridgehead atoms. The van der Waals surface area contributed by atoms with Gasteiger partial charge in [0.1, 0.15) is 0 Å². The van der Waals surface area contributed by atoms with Crippen LogP contribution in [-0.4, -0.2) is 13.1 Å². The molecule has 1 aliphatic carbocycles. The fourth-order valence-electron chi connectivity index (χ4n) is 1.52.